The highest BCUT2D eigenvalue weighted by atomic mass is 16.6. The molecule has 2 fully saturated rings. The second kappa shape index (κ2) is 8.56. The van der Waals surface area contributed by atoms with Crippen LogP contribution in [0.25, 0.3) is 0 Å². The van der Waals surface area contributed by atoms with Crippen molar-refractivity contribution in [3.05, 3.63) is 23.8 Å². The lowest BCUT2D eigenvalue weighted by atomic mass is 9.65. The van der Waals surface area contributed by atoms with Crippen molar-refractivity contribution in [2.75, 3.05) is 0 Å². The van der Waals surface area contributed by atoms with Gasteiger partial charge in [-0.2, -0.15) is 0 Å². The Kier molecular flexibility index (Phi) is 6.03. The lowest BCUT2D eigenvalue weighted by molar-refractivity contribution is -0.174. The first kappa shape index (κ1) is 21.1. The lowest BCUT2D eigenvalue weighted by Gasteiger charge is -2.43. The normalized spacial score (nSPS) is 42.1. The molecule has 4 aliphatic rings. The van der Waals surface area contributed by atoms with Crippen LogP contribution in [0, 0.1) is 29.6 Å². The van der Waals surface area contributed by atoms with Gasteiger partial charge in [-0.1, -0.05) is 39.0 Å². The van der Waals surface area contributed by atoms with Gasteiger partial charge in [-0.25, -0.2) is 0 Å². The van der Waals surface area contributed by atoms with Crippen LogP contribution in [-0.4, -0.2) is 36.2 Å². The van der Waals surface area contributed by atoms with E-state index in [2.05, 4.69) is 32.1 Å². The molecular formula is C24H32O6. The topological polar surface area (TPSA) is 78.9 Å². The molecule has 0 spiro atoms. The highest BCUT2D eigenvalue weighted by Crippen LogP contribution is 2.45. The molecule has 6 heteroatoms. The van der Waals surface area contributed by atoms with Crippen molar-refractivity contribution in [2.24, 2.45) is 29.6 Å². The Balaban J connectivity index is 1.64. The summed E-state index contributed by atoms with van der Waals surface area (Å²) in [5.41, 5.74) is 1.24. The van der Waals surface area contributed by atoms with Crippen LogP contribution >= 0.6 is 0 Å². The SMILES string of the molecule is C[C@@H]1C=C2C=C[C@@H](C)[C@H]3CCC4C[C@H](CC(=O)O4)OC(=O)C[C@@H](C)C(=O)O[C@@H](C1)[C@H]23. The number of esters is 3. The molecule has 0 aromatic rings. The lowest BCUT2D eigenvalue weighted by Crippen LogP contribution is -2.43. The molecule has 6 nitrogen and oxygen atoms in total. The maximum atomic E-state index is 12.8. The average molecular weight is 417 g/mol. The molecule has 0 saturated carbocycles. The molecule has 30 heavy (non-hydrogen) atoms. The Morgan fingerprint density at radius 1 is 0.867 bits per heavy atom. The standard InChI is InChI=1S/C24H32O6/c1-13-8-16-5-4-14(2)19-7-6-17-11-18(12-22(26)28-17)29-21(25)10-15(3)24(27)30-20(9-13)23(16)19/h4-5,8,13-15,17-20,23H,6-7,9-12H2,1-3H3/t13-,14-,15-,17?,18-,19-,20+,23-/m1/s1. The molecule has 2 aliphatic heterocycles. The molecule has 4 rings (SSSR count). The van der Waals surface area contributed by atoms with Gasteiger partial charge >= 0.3 is 17.9 Å². The largest absolute Gasteiger partial charge is 0.462 e. The fourth-order valence-electron chi connectivity index (χ4n) is 5.54. The minimum atomic E-state index is -0.577. The van der Waals surface area contributed by atoms with E-state index in [-0.39, 0.29) is 42.9 Å². The van der Waals surface area contributed by atoms with Crippen molar-refractivity contribution in [1.82, 2.24) is 0 Å². The van der Waals surface area contributed by atoms with Crippen LogP contribution in [0.1, 0.15) is 59.3 Å². The number of hydrogen-bond donors (Lipinski definition) is 0. The number of ether oxygens (including phenoxy) is 3. The van der Waals surface area contributed by atoms with E-state index in [4.69, 9.17) is 14.2 Å². The van der Waals surface area contributed by atoms with E-state index in [1.54, 1.807) is 6.92 Å². The van der Waals surface area contributed by atoms with Crippen LogP contribution in [0.3, 0.4) is 0 Å². The number of carbonyl (C=O) groups excluding carboxylic acids is 3. The number of carbonyl (C=O) groups is 3. The maximum Gasteiger partial charge on any atom is 0.309 e. The third-order valence-electron chi connectivity index (χ3n) is 7.08. The zero-order valence-corrected chi connectivity index (χ0v) is 18.0. The molecule has 1 unspecified atom stereocenters. The zero-order valence-electron chi connectivity index (χ0n) is 18.0. The highest BCUT2D eigenvalue weighted by Gasteiger charge is 2.43. The van der Waals surface area contributed by atoms with Crippen molar-refractivity contribution in [2.45, 2.75) is 77.6 Å². The van der Waals surface area contributed by atoms with Gasteiger partial charge in [0.25, 0.3) is 0 Å². The van der Waals surface area contributed by atoms with E-state index in [1.165, 1.54) is 5.57 Å². The van der Waals surface area contributed by atoms with Crippen LogP contribution in [-0.2, 0) is 28.6 Å². The van der Waals surface area contributed by atoms with Gasteiger partial charge in [0, 0.05) is 12.3 Å². The molecule has 0 N–H and O–H groups in total. The van der Waals surface area contributed by atoms with Gasteiger partial charge in [0.1, 0.15) is 18.3 Å². The van der Waals surface area contributed by atoms with Crippen molar-refractivity contribution < 1.29 is 28.6 Å². The summed E-state index contributed by atoms with van der Waals surface area (Å²) in [5.74, 6) is -0.568. The molecule has 0 amide bonds. The number of allylic oxidation sites excluding steroid dienone is 3. The molecule has 8 atom stereocenters. The minimum Gasteiger partial charge on any atom is -0.462 e. The van der Waals surface area contributed by atoms with Crippen LogP contribution in [0.4, 0.5) is 0 Å². The predicted molar refractivity (Wildman–Crippen MR) is 109 cm³/mol. The number of hydrogen-bond acceptors (Lipinski definition) is 6. The Hall–Kier alpha value is -2.11. The van der Waals surface area contributed by atoms with Gasteiger partial charge in [-0.15, -0.1) is 0 Å². The van der Waals surface area contributed by atoms with E-state index in [0.29, 0.717) is 24.2 Å². The molecule has 2 saturated heterocycles. The molecule has 0 aromatic carbocycles. The fraction of sp³-hybridized carbons (Fsp3) is 0.708. The van der Waals surface area contributed by atoms with E-state index in [9.17, 15) is 14.4 Å². The second-order valence-corrected chi connectivity index (χ2v) is 9.61. The van der Waals surface area contributed by atoms with Crippen LogP contribution < -0.4 is 0 Å². The molecule has 164 valence electrons. The summed E-state index contributed by atoms with van der Waals surface area (Å²) in [7, 11) is 0. The summed E-state index contributed by atoms with van der Waals surface area (Å²) in [5, 5.41) is 0. The van der Waals surface area contributed by atoms with Gasteiger partial charge in [-0.05, 0) is 42.6 Å². The fourth-order valence-corrected chi connectivity index (χ4v) is 5.54. The quantitative estimate of drug-likeness (QED) is 0.442. The first-order chi connectivity index (χ1) is 14.3. The molecular weight excluding hydrogens is 384 g/mol. The van der Waals surface area contributed by atoms with Gasteiger partial charge in [-0.3, -0.25) is 14.4 Å². The summed E-state index contributed by atoms with van der Waals surface area (Å²) in [6.45, 7) is 6.06. The molecule has 0 radical (unpaired) electrons. The van der Waals surface area contributed by atoms with E-state index < -0.39 is 18.0 Å². The van der Waals surface area contributed by atoms with Crippen LogP contribution in [0.5, 0.6) is 0 Å². The summed E-state index contributed by atoms with van der Waals surface area (Å²) in [6, 6.07) is 0. The van der Waals surface area contributed by atoms with Crippen molar-refractivity contribution >= 4 is 17.9 Å². The molecule has 2 bridgehead atoms. The van der Waals surface area contributed by atoms with Gasteiger partial charge in [0.15, 0.2) is 0 Å². The molecule has 2 heterocycles. The number of rotatable bonds is 0. The Morgan fingerprint density at radius 3 is 2.40 bits per heavy atom. The smallest absolute Gasteiger partial charge is 0.309 e. The highest BCUT2D eigenvalue weighted by molar-refractivity contribution is 5.80. The van der Waals surface area contributed by atoms with E-state index in [1.807, 2.05) is 0 Å². The predicted octanol–water partition coefficient (Wildman–Crippen LogP) is 3.74. The Bertz CT molecular complexity index is 768. The van der Waals surface area contributed by atoms with Gasteiger partial charge in [0.05, 0.1) is 18.8 Å². The van der Waals surface area contributed by atoms with Crippen LogP contribution in [0.2, 0.25) is 0 Å². The first-order valence-corrected chi connectivity index (χ1v) is 11.3. The summed E-state index contributed by atoms with van der Waals surface area (Å²) < 4.78 is 17.1. The van der Waals surface area contributed by atoms with E-state index >= 15 is 0 Å². The van der Waals surface area contributed by atoms with E-state index in [0.717, 1.165) is 19.3 Å². The number of fused-ring (bicyclic) bond motifs is 2. The Labute approximate surface area is 178 Å². The minimum absolute atomic E-state index is 0.0373. The summed E-state index contributed by atoms with van der Waals surface area (Å²) in [6.07, 6.45) is 8.76. The second-order valence-electron chi connectivity index (χ2n) is 9.61. The third-order valence-corrected chi connectivity index (χ3v) is 7.08. The van der Waals surface area contributed by atoms with Gasteiger partial charge in [0.2, 0.25) is 0 Å². The van der Waals surface area contributed by atoms with Crippen molar-refractivity contribution in [3.63, 3.8) is 0 Å². The van der Waals surface area contributed by atoms with Crippen LogP contribution in [0.15, 0.2) is 23.8 Å². The molecule has 2 aliphatic carbocycles. The summed E-state index contributed by atoms with van der Waals surface area (Å²) >= 11 is 0. The molecule has 0 aromatic heterocycles. The van der Waals surface area contributed by atoms with Crippen molar-refractivity contribution in [3.8, 4) is 0 Å². The maximum absolute atomic E-state index is 12.8. The monoisotopic (exact) mass is 416 g/mol. The first-order valence-electron chi connectivity index (χ1n) is 11.3. The zero-order chi connectivity index (χ0) is 21.4. The summed E-state index contributed by atoms with van der Waals surface area (Å²) in [4.78, 5) is 37.2. The Morgan fingerprint density at radius 2 is 1.60 bits per heavy atom. The van der Waals surface area contributed by atoms with Gasteiger partial charge < -0.3 is 14.2 Å². The van der Waals surface area contributed by atoms with Crippen molar-refractivity contribution in [1.29, 1.82) is 0 Å². The third kappa shape index (κ3) is 4.47. The average Bonchev–Trinajstić information content (AvgIpc) is 2.66.